The summed E-state index contributed by atoms with van der Waals surface area (Å²) in [5, 5.41) is 0. The van der Waals surface area contributed by atoms with Gasteiger partial charge in [-0.2, -0.15) is 0 Å². The van der Waals surface area contributed by atoms with Crippen molar-refractivity contribution in [2.45, 2.75) is 27.2 Å². The maximum absolute atomic E-state index is 12.8. The van der Waals surface area contributed by atoms with Crippen molar-refractivity contribution in [3.63, 3.8) is 0 Å². The first-order valence-electron chi connectivity index (χ1n) is 8.37. The van der Waals surface area contributed by atoms with Crippen LogP contribution in [0.25, 0.3) is 5.65 Å². The van der Waals surface area contributed by atoms with Crippen molar-refractivity contribution in [2.24, 2.45) is 11.3 Å². The molecule has 2 aromatic heterocycles. The fraction of sp³-hybridized carbons (Fsp3) is 0.500. The zero-order chi connectivity index (χ0) is 17.3. The van der Waals surface area contributed by atoms with E-state index in [1.165, 1.54) is 0 Å². The minimum Gasteiger partial charge on any atom is -0.466 e. The Balaban J connectivity index is 1.82. The zero-order valence-corrected chi connectivity index (χ0v) is 14.4. The highest BCUT2D eigenvalue weighted by atomic mass is 16.5. The summed E-state index contributed by atoms with van der Waals surface area (Å²) < 4.78 is 7.11. The van der Waals surface area contributed by atoms with Gasteiger partial charge in [-0.25, -0.2) is 4.98 Å². The van der Waals surface area contributed by atoms with Gasteiger partial charge in [0.2, 0.25) is 0 Å². The number of imidazole rings is 1. The fourth-order valence-corrected chi connectivity index (χ4v) is 3.38. The van der Waals surface area contributed by atoms with Crippen LogP contribution in [0.3, 0.4) is 0 Å². The van der Waals surface area contributed by atoms with Crippen molar-refractivity contribution in [3.8, 4) is 0 Å². The number of rotatable bonds is 4. The number of carbonyl (C=O) groups excluding carboxylic acids is 2. The van der Waals surface area contributed by atoms with E-state index in [4.69, 9.17) is 4.74 Å². The molecule has 6 nitrogen and oxygen atoms in total. The summed E-state index contributed by atoms with van der Waals surface area (Å²) >= 11 is 0. The quantitative estimate of drug-likeness (QED) is 0.808. The lowest BCUT2D eigenvalue weighted by molar-refractivity contribution is -0.157. The number of hydrogen-bond donors (Lipinski definition) is 0. The van der Waals surface area contributed by atoms with Crippen molar-refractivity contribution in [1.82, 2.24) is 14.3 Å². The molecule has 1 amide bonds. The molecule has 24 heavy (non-hydrogen) atoms. The predicted molar refractivity (Wildman–Crippen MR) is 89.6 cm³/mol. The van der Waals surface area contributed by atoms with Gasteiger partial charge in [-0.3, -0.25) is 9.59 Å². The van der Waals surface area contributed by atoms with Gasteiger partial charge in [0.1, 0.15) is 5.65 Å². The Bertz CT molecular complexity index is 768. The normalized spacial score (nSPS) is 20.8. The summed E-state index contributed by atoms with van der Waals surface area (Å²) in [6, 6.07) is 3.61. The molecule has 0 spiro atoms. The van der Waals surface area contributed by atoms with Crippen LogP contribution in [0.1, 0.15) is 37.6 Å². The van der Waals surface area contributed by atoms with Crippen LogP contribution in [0, 0.1) is 11.3 Å². The molecule has 3 heterocycles. The maximum Gasteiger partial charge on any atom is 0.314 e. The number of hydrogen-bond acceptors (Lipinski definition) is 4. The summed E-state index contributed by atoms with van der Waals surface area (Å²) in [7, 11) is 0. The molecule has 2 aromatic rings. The summed E-state index contributed by atoms with van der Waals surface area (Å²) in [5.74, 6) is -0.136. The van der Waals surface area contributed by atoms with E-state index in [-0.39, 0.29) is 17.8 Å². The average Bonchev–Trinajstić information content (AvgIpc) is 3.21. The summed E-state index contributed by atoms with van der Waals surface area (Å²) in [6.45, 7) is 7.18. The molecule has 6 heteroatoms. The zero-order valence-electron chi connectivity index (χ0n) is 14.4. The number of pyridine rings is 1. The SMILES string of the molecule is CCOC(=O)[C@]1(C(C)C)CCN(C(=O)c2ccc3nccn3c2)C1. The summed E-state index contributed by atoms with van der Waals surface area (Å²) in [6.07, 6.45) is 5.93. The Labute approximate surface area is 141 Å². The Kier molecular flexibility index (Phi) is 4.30. The number of amides is 1. The smallest absolute Gasteiger partial charge is 0.314 e. The van der Waals surface area contributed by atoms with Gasteiger partial charge in [-0.1, -0.05) is 13.8 Å². The van der Waals surface area contributed by atoms with Gasteiger partial charge in [0.05, 0.1) is 17.6 Å². The molecule has 1 aliphatic heterocycles. The number of aromatic nitrogens is 2. The molecule has 0 N–H and O–H groups in total. The summed E-state index contributed by atoms with van der Waals surface area (Å²) in [4.78, 5) is 31.3. The number of ether oxygens (including phenoxy) is 1. The largest absolute Gasteiger partial charge is 0.466 e. The number of carbonyl (C=O) groups is 2. The first-order chi connectivity index (χ1) is 11.5. The Hall–Kier alpha value is -2.37. The van der Waals surface area contributed by atoms with Gasteiger partial charge in [0.25, 0.3) is 5.91 Å². The number of likely N-dealkylation sites (tertiary alicyclic amines) is 1. The molecule has 1 atom stereocenters. The molecule has 0 bridgehead atoms. The van der Waals surface area contributed by atoms with E-state index >= 15 is 0 Å². The molecule has 0 aliphatic carbocycles. The molecular weight excluding hydrogens is 306 g/mol. The Morgan fingerprint density at radius 3 is 2.88 bits per heavy atom. The number of nitrogens with zero attached hydrogens (tertiary/aromatic N) is 3. The highest BCUT2D eigenvalue weighted by Gasteiger charge is 2.49. The lowest BCUT2D eigenvalue weighted by atomic mass is 9.76. The van der Waals surface area contributed by atoms with Crippen LogP contribution in [-0.2, 0) is 9.53 Å². The molecule has 0 aromatic carbocycles. The van der Waals surface area contributed by atoms with Gasteiger partial charge < -0.3 is 14.0 Å². The van der Waals surface area contributed by atoms with Crippen molar-refractivity contribution >= 4 is 17.5 Å². The van der Waals surface area contributed by atoms with Crippen LogP contribution < -0.4 is 0 Å². The van der Waals surface area contributed by atoms with Crippen LogP contribution in [0.4, 0.5) is 0 Å². The molecule has 3 rings (SSSR count). The lowest BCUT2D eigenvalue weighted by Crippen LogP contribution is -2.41. The third-order valence-corrected chi connectivity index (χ3v) is 5.01. The summed E-state index contributed by atoms with van der Waals surface area (Å²) in [5.41, 5.74) is 0.796. The second-order valence-electron chi connectivity index (χ2n) is 6.62. The fourth-order valence-electron chi connectivity index (χ4n) is 3.38. The molecule has 0 unspecified atom stereocenters. The second kappa shape index (κ2) is 6.26. The predicted octanol–water partition coefficient (Wildman–Crippen LogP) is 2.39. The Morgan fingerprint density at radius 1 is 1.38 bits per heavy atom. The maximum atomic E-state index is 12.8. The Morgan fingerprint density at radius 2 is 2.17 bits per heavy atom. The first-order valence-corrected chi connectivity index (χ1v) is 8.37. The molecule has 0 radical (unpaired) electrons. The minimum absolute atomic E-state index is 0.0579. The van der Waals surface area contributed by atoms with Crippen molar-refractivity contribution in [1.29, 1.82) is 0 Å². The van der Waals surface area contributed by atoms with E-state index < -0.39 is 5.41 Å². The van der Waals surface area contributed by atoms with E-state index in [0.29, 0.717) is 31.7 Å². The van der Waals surface area contributed by atoms with Crippen LogP contribution in [-0.4, -0.2) is 45.9 Å². The van der Waals surface area contributed by atoms with Gasteiger partial charge in [-0.05, 0) is 31.4 Å². The molecule has 1 fully saturated rings. The van der Waals surface area contributed by atoms with E-state index in [2.05, 4.69) is 4.98 Å². The van der Waals surface area contributed by atoms with Crippen LogP contribution >= 0.6 is 0 Å². The van der Waals surface area contributed by atoms with Gasteiger partial charge in [-0.15, -0.1) is 0 Å². The molecule has 1 aliphatic rings. The average molecular weight is 329 g/mol. The lowest BCUT2D eigenvalue weighted by Gasteiger charge is -2.30. The van der Waals surface area contributed by atoms with Crippen molar-refractivity contribution < 1.29 is 14.3 Å². The molecular formula is C18H23N3O3. The van der Waals surface area contributed by atoms with Gasteiger partial charge in [0.15, 0.2) is 0 Å². The van der Waals surface area contributed by atoms with E-state index in [1.54, 1.807) is 23.4 Å². The topological polar surface area (TPSA) is 63.9 Å². The second-order valence-corrected chi connectivity index (χ2v) is 6.62. The van der Waals surface area contributed by atoms with Gasteiger partial charge in [0, 0.05) is 31.7 Å². The van der Waals surface area contributed by atoms with E-state index in [1.807, 2.05) is 37.4 Å². The number of esters is 1. The third kappa shape index (κ3) is 2.66. The highest BCUT2D eigenvalue weighted by Crippen LogP contribution is 2.39. The van der Waals surface area contributed by atoms with Crippen LogP contribution in [0.5, 0.6) is 0 Å². The number of fused-ring (bicyclic) bond motifs is 1. The first kappa shape index (κ1) is 16.5. The molecule has 0 saturated carbocycles. The standard InChI is InChI=1S/C18H23N3O3/c1-4-24-17(23)18(13(2)3)7-9-21(12-18)16(22)14-5-6-15-19-8-10-20(15)11-14/h5-6,8,10-11,13H,4,7,9,12H2,1-3H3/t18-/m1/s1. The third-order valence-electron chi connectivity index (χ3n) is 5.01. The van der Waals surface area contributed by atoms with Crippen molar-refractivity contribution in [2.75, 3.05) is 19.7 Å². The van der Waals surface area contributed by atoms with E-state index in [9.17, 15) is 9.59 Å². The van der Waals surface area contributed by atoms with Gasteiger partial charge >= 0.3 is 5.97 Å². The van der Waals surface area contributed by atoms with Crippen LogP contribution in [0.2, 0.25) is 0 Å². The monoisotopic (exact) mass is 329 g/mol. The van der Waals surface area contributed by atoms with Crippen molar-refractivity contribution in [3.05, 3.63) is 36.3 Å². The molecule has 128 valence electrons. The minimum atomic E-state index is -0.606. The molecule has 1 saturated heterocycles. The highest BCUT2D eigenvalue weighted by molar-refractivity contribution is 5.95. The van der Waals surface area contributed by atoms with E-state index in [0.717, 1.165) is 5.65 Å². The van der Waals surface area contributed by atoms with Crippen LogP contribution in [0.15, 0.2) is 30.7 Å².